The number of aromatic nitrogens is 4. The molecule has 1 amide bonds. The molecule has 1 aliphatic rings. The van der Waals surface area contributed by atoms with Crippen LogP contribution in [0.25, 0.3) is 0 Å². The van der Waals surface area contributed by atoms with E-state index in [4.69, 9.17) is 17.3 Å². The lowest BCUT2D eigenvalue weighted by Gasteiger charge is -2.34. The molecule has 0 atom stereocenters. The van der Waals surface area contributed by atoms with Crippen LogP contribution >= 0.6 is 34.2 Å². The molecule has 1 fully saturated rings. The fourth-order valence-electron chi connectivity index (χ4n) is 3.68. The van der Waals surface area contributed by atoms with Gasteiger partial charge in [0.1, 0.15) is 0 Å². The molecule has 5 N–H and O–H groups in total. The maximum Gasteiger partial charge on any atom is 0.273 e. The Hall–Kier alpha value is -2.48. The van der Waals surface area contributed by atoms with Gasteiger partial charge in [0, 0.05) is 62.1 Å². The summed E-state index contributed by atoms with van der Waals surface area (Å²) in [6.45, 7) is 6.41. The van der Waals surface area contributed by atoms with Crippen molar-refractivity contribution in [3.8, 4) is 0 Å². The molecule has 0 bridgehead atoms. The number of piperazine rings is 1. The number of rotatable bonds is 9. The minimum Gasteiger partial charge on any atom is -0.382 e. The zero-order valence-electron chi connectivity index (χ0n) is 18.6. The molecule has 10 nitrogen and oxygen atoms in total. The number of anilines is 2. The Morgan fingerprint density at radius 2 is 1.88 bits per heavy atom. The summed E-state index contributed by atoms with van der Waals surface area (Å²) in [6, 6.07) is 8.07. The van der Waals surface area contributed by atoms with Crippen molar-refractivity contribution >= 4 is 51.7 Å². The number of carbonyl (C=O) groups is 1. The van der Waals surface area contributed by atoms with Crippen molar-refractivity contribution < 1.29 is 4.79 Å². The van der Waals surface area contributed by atoms with Crippen molar-refractivity contribution in [3.05, 3.63) is 62.5 Å². The van der Waals surface area contributed by atoms with Gasteiger partial charge in [0.15, 0.2) is 22.5 Å². The first-order valence-corrected chi connectivity index (χ1v) is 12.5. The molecule has 1 aromatic carbocycles. The van der Waals surface area contributed by atoms with Gasteiger partial charge in [-0.25, -0.2) is 15.0 Å². The molecule has 0 aliphatic carbocycles. The standard InChI is InChI=1S/C22H27ClIN9O/c23-19-21(28-11-15-1-3-16(24)4-2-15)31-20(25)18(30-19)22(34)27-5-6-32-7-9-33(10-8-32)13-17-12-26-14-29-17/h1-4,12,14H,5-11,13H2,(H,26,29)(H,27,34)(H3,25,28,31). The van der Waals surface area contributed by atoms with Crippen LogP contribution in [0, 0.1) is 3.57 Å². The maximum atomic E-state index is 12.6. The molecule has 12 heteroatoms. The predicted octanol–water partition coefficient (Wildman–Crippen LogP) is 2.20. The van der Waals surface area contributed by atoms with Gasteiger partial charge in [0.05, 0.1) is 12.0 Å². The van der Waals surface area contributed by atoms with Gasteiger partial charge in [0.25, 0.3) is 5.91 Å². The van der Waals surface area contributed by atoms with Crippen molar-refractivity contribution in [1.82, 2.24) is 35.1 Å². The smallest absolute Gasteiger partial charge is 0.273 e. The Balaban J connectivity index is 1.22. The summed E-state index contributed by atoms with van der Waals surface area (Å²) in [5.74, 6) is 0.00854. The summed E-state index contributed by atoms with van der Waals surface area (Å²) in [5.41, 5.74) is 8.16. The van der Waals surface area contributed by atoms with Crippen molar-refractivity contribution in [1.29, 1.82) is 0 Å². The Morgan fingerprint density at radius 1 is 1.15 bits per heavy atom. The maximum absolute atomic E-state index is 12.6. The van der Waals surface area contributed by atoms with Gasteiger partial charge < -0.3 is 21.4 Å². The molecule has 180 valence electrons. The van der Waals surface area contributed by atoms with Gasteiger partial charge in [-0.3, -0.25) is 14.6 Å². The highest BCUT2D eigenvalue weighted by Crippen LogP contribution is 2.21. The first-order valence-electron chi connectivity index (χ1n) is 11.0. The van der Waals surface area contributed by atoms with E-state index in [-0.39, 0.29) is 22.6 Å². The van der Waals surface area contributed by atoms with Crippen molar-refractivity contribution in [2.45, 2.75) is 13.1 Å². The van der Waals surface area contributed by atoms with Gasteiger partial charge in [-0.1, -0.05) is 23.7 Å². The molecule has 0 radical (unpaired) electrons. The highest BCUT2D eigenvalue weighted by molar-refractivity contribution is 14.1. The van der Waals surface area contributed by atoms with Gasteiger partial charge in [-0.05, 0) is 40.3 Å². The van der Waals surface area contributed by atoms with Crippen LogP contribution in [0.4, 0.5) is 11.6 Å². The average Bonchev–Trinajstić information content (AvgIpc) is 3.34. The second-order valence-corrected chi connectivity index (χ2v) is 9.61. The molecular formula is C22H27ClIN9O. The number of benzene rings is 1. The highest BCUT2D eigenvalue weighted by Gasteiger charge is 2.19. The third-order valence-electron chi connectivity index (χ3n) is 5.59. The molecule has 3 heterocycles. The Bertz CT molecular complexity index is 1090. The largest absolute Gasteiger partial charge is 0.382 e. The third kappa shape index (κ3) is 6.78. The van der Waals surface area contributed by atoms with Crippen LogP contribution in [-0.2, 0) is 13.1 Å². The number of nitrogens with one attached hydrogen (secondary N) is 3. The van der Waals surface area contributed by atoms with Crippen molar-refractivity contribution in [3.63, 3.8) is 0 Å². The quantitative estimate of drug-likeness (QED) is 0.277. The number of hydrogen-bond donors (Lipinski definition) is 4. The number of imidazole rings is 1. The number of nitrogen functional groups attached to an aromatic ring is 1. The summed E-state index contributed by atoms with van der Waals surface area (Å²) in [5, 5.41) is 6.11. The zero-order chi connectivity index (χ0) is 23.9. The van der Waals surface area contributed by atoms with Crippen LogP contribution < -0.4 is 16.4 Å². The number of hydrogen-bond acceptors (Lipinski definition) is 8. The van der Waals surface area contributed by atoms with E-state index in [2.05, 4.69) is 63.0 Å². The first kappa shape index (κ1) is 24.6. The number of carbonyl (C=O) groups excluding carboxylic acids is 1. The SMILES string of the molecule is Nc1nc(NCc2ccc(I)cc2)c(Cl)nc1C(=O)NCCN1CCN(Cc2c[nH]cn2)CC1. The zero-order valence-corrected chi connectivity index (χ0v) is 21.5. The summed E-state index contributed by atoms with van der Waals surface area (Å²) >= 11 is 8.52. The Morgan fingerprint density at radius 3 is 2.59 bits per heavy atom. The number of nitrogens with two attached hydrogens (primary N) is 1. The van der Waals surface area contributed by atoms with E-state index in [0.717, 1.165) is 54.1 Å². The Kier molecular flexibility index (Phi) is 8.53. The van der Waals surface area contributed by atoms with E-state index in [0.29, 0.717) is 18.9 Å². The molecule has 3 aromatic rings. The molecule has 1 saturated heterocycles. The van der Waals surface area contributed by atoms with Crippen LogP contribution in [0.1, 0.15) is 21.7 Å². The summed E-state index contributed by atoms with van der Waals surface area (Å²) < 4.78 is 1.16. The lowest BCUT2D eigenvalue weighted by molar-refractivity contribution is 0.0929. The van der Waals surface area contributed by atoms with E-state index in [1.54, 1.807) is 6.33 Å². The number of aromatic amines is 1. The average molecular weight is 596 g/mol. The fourth-order valence-corrected chi connectivity index (χ4v) is 4.24. The lowest BCUT2D eigenvalue weighted by Crippen LogP contribution is -2.48. The second-order valence-electron chi connectivity index (χ2n) is 8.01. The molecule has 0 spiro atoms. The van der Waals surface area contributed by atoms with Gasteiger partial charge in [-0.2, -0.15) is 0 Å². The second kappa shape index (κ2) is 11.8. The topological polar surface area (TPSA) is 128 Å². The molecule has 34 heavy (non-hydrogen) atoms. The number of amides is 1. The minimum atomic E-state index is -0.381. The summed E-state index contributed by atoms with van der Waals surface area (Å²) in [7, 11) is 0. The molecular weight excluding hydrogens is 569 g/mol. The molecule has 0 unspecified atom stereocenters. The lowest BCUT2D eigenvalue weighted by atomic mass is 10.2. The Labute approximate surface area is 216 Å². The normalized spacial score (nSPS) is 14.8. The third-order valence-corrected chi connectivity index (χ3v) is 6.57. The highest BCUT2D eigenvalue weighted by atomic mass is 127. The van der Waals surface area contributed by atoms with E-state index in [9.17, 15) is 4.79 Å². The predicted molar refractivity (Wildman–Crippen MR) is 141 cm³/mol. The van der Waals surface area contributed by atoms with Crippen molar-refractivity contribution in [2.24, 2.45) is 0 Å². The van der Waals surface area contributed by atoms with Gasteiger partial charge in [0.2, 0.25) is 0 Å². The molecule has 1 aliphatic heterocycles. The first-order chi connectivity index (χ1) is 16.5. The van der Waals surface area contributed by atoms with Gasteiger partial charge in [-0.15, -0.1) is 0 Å². The van der Waals surface area contributed by atoms with Crippen LogP contribution in [0.5, 0.6) is 0 Å². The number of halogens is 2. The van der Waals surface area contributed by atoms with Gasteiger partial charge >= 0.3 is 0 Å². The van der Waals surface area contributed by atoms with E-state index < -0.39 is 0 Å². The monoisotopic (exact) mass is 595 g/mol. The summed E-state index contributed by atoms with van der Waals surface area (Å²) in [6.07, 6.45) is 3.63. The van der Waals surface area contributed by atoms with Crippen LogP contribution in [0.3, 0.4) is 0 Å². The molecule has 2 aromatic heterocycles. The van der Waals surface area contributed by atoms with E-state index >= 15 is 0 Å². The number of H-pyrrole nitrogens is 1. The minimum absolute atomic E-state index is 0.0358. The van der Waals surface area contributed by atoms with E-state index in [1.807, 2.05) is 30.5 Å². The van der Waals surface area contributed by atoms with E-state index in [1.165, 1.54) is 0 Å². The van der Waals surface area contributed by atoms with Crippen LogP contribution in [-0.4, -0.2) is 74.9 Å². The molecule has 4 rings (SSSR count). The summed E-state index contributed by atoms with van der Waals surface area (Å²) in [4.78, 5) is 33.0. The number of nitrogens with zero attached hydrogens (tertiary/aromatic N) is 5. The molecule has 0 saturated carbocycles. The van der Waals surface area contributed by atoms with Crippen LogP contribution in [0.2, 0.25) is 5.15 Å². The van der Waals surface area contributed by atoms with Crippen LogP contribution in [0.15, 0.2) is 36.8 Å². The van der Waals surface area contributed by atoms with Crippen molar-refractivity contribution in [2.75, 3.05) is 50.3 Å². The fraction of sp³-hybridized carbons (Fsp3) is 0.364.